The van der Waals surface area contributed by atoms with Gasteiger partial charge in [0.05, 0.1) is 0 Å². The first-order valence-corrected chi connectivity index (χ1v) is 4.54. The molecule has 0 saturated heterocycles. The van der Waals surface area contributed by atoms with Crippen LogP contribution in [0.25, 0.3) is 0 Å². The first kappa shape index (κ1) is 10.6. The molecule has 0 aliphatic carbocycles. The van der Waals surface area contributed by atoms with E-state index in [2.05, 4.69) is 5.32 Å². The van der Waals surface area contributed by atoms with Gasteiger partial charge < -0.3 is 15.3 Å². The molecule has 1 aliphatic rings. The van der Waals surface area contributed by atoms with Gasteiger partial charge in [-0.15, -0.1) is 0 Å². The highest BCUT2D eigenvalue weighted by Crippen LogP contribution is 2.01. The molecule has 0 fully saturated rings. The Morgan fingerprint density at radius 3 is 2.71 bits per heavy atom. The highest BCUT2D eigenvalue weighted by Gasteiger charge is 2.18. The molecular weight excluding hydrogens is 184 g/mol. The Kier molecular flexibility index (Phi) is 3.50. The van der Waals surface area contributed by atoms with Gasteiger partial charge >= 0.3 is 12.0 Å². The van der Waals surface area contributed by atoms with Crippen molar-refractivity contribution >= 4 is 12.0 Å². The minimum absolute atomic E-state index is 0.316. The summed E-state index contributed by atoms with van der Waals surface area (Å²) in [6.45, 7) is 2.65. The molecule has 5 heteroatoms. The van der Waals surface area contributed by atoms with E-state index in [0.717, 1.165) is 6.42 Å². The fourth-order valence-corrected chi connectivity index (χ4v) is 1.16. The molecular formula is C9H14N2O3. The molecule has 0 spiro atoms. The van der Waals surface area contributed by atoms with Gasteiger partial charge in [-0.3, -0.25) is 4.79 Å². The maximum absolute atomic E-state index is 11.4. The third kappa shape index (κ3) is 2.76. The van der Waals surface area contributed by atoms with E-state index in [-0.39, 0.29) is 6.03 Å². The van der Waals surface area contributed by atoms with Crippen LogP contribution in [0.5, 0.6) is 0 Å². The predicted molar refractivity (Wildman–Crippen MR) is 51.0 cm³/mol. The third-order valence-electron chi connectivity index (χ3n) is 2.06. The molecule has 14 heavy (non-hydrogen) atoms. The lowest BCUT2D eigenvalue weighted by molar-refractivity contribution is -0.138. The van der Waals surface area contributed by atoms with Crippen LogP contribution >= 0.6 is 0 Å². The number of urea groups is 1. The maximum Gasteiger partial charge on any atom is 0.325 e. The van der Waals surface area contributed by atoms with Crippen LogP contribution in [-0.4, -0.2) is 41.1 Å². The number of nitrogens with one attached hydrogen (secondary N) is 1. The summed E-state index contributed by atoms with van der Waals surface area (Å²) in [6.07, 6.45) is 4.73. The lowest BCUT2D eigenvalue weighted by Crippen LogP contribution is -2.47. The molecule has 0 aromatic heterocycles. The smallest absolute Gasteiger partial charge is 0.325 e. The summed E-state index contributed by atoms with van der Waals surface area (Å²) < 4.78 is 0. The van der Waals surface area contributed by atoms with Gasteiger partial charge in [0.15, 0.2) is 0 Å². The molecule has 78 valence electrons. The van der Waals surface area contributed by atoms with Gasteiger partial charge in [0.2, 0.25) is 0 Å². The van der Waals surface area contributed by atoms with Gasteiger partial charge in [-0.2, -0.15) is 0 Å². The molecule has 0 bridgehead atoms. The van der Waals surface area contributed by atoms with Crippen LogP contribution in [0.3, 0.4) is 0 Å². The summed E-state index contributed by atoms with van der Waals surface area (Å²) in [6, 6.07) is -1.15. The van der Waals surface area contributed by atoms with Crippen molar-refractivity contribution in [3.63, 3.8) is 0 Å². The zero-order valence-electron chi connectivity index (χ0n) is 8.06. The molecule has 0 unspecified atom stereocenters. The van der Waals surface area contributed by atoms with Crippen LogP contribution in [0.15, 0.2) is 12.2 Å². The Hall–Kier alpha value is -1.52. The van der Waals surface area contributed by atoms with Gasteiger partial charge in [-0.25, -0.2) is 4.79 Å². The zero-order valence-corrected chi connectivity index (χ0v) is 8.06. The van der Waals surface area contributed by atoms with Crippen LogP contribution in [0.1, 0.15) is 13.3 Å². The monoisotopic (exact) mass is 198 g/mol. The lowest BCUT2D eigenvalue weighted by Gasteiger charge is -2.24. The molecule has 1 heterocycles. The van der Waals surface area contributed by atoms with E-state index in [4.69, 9.17) is 5.11 Å². The molecule has 1 rings (SSSR count). The van der Waals surface area contributed by atoms with Crippen molar-refractivity contribution in [3.8, 4) is 0 Å². The number of carboxylic acid groups (broad SMARTS) is 1. The molecule has 0 saturated carbocycles. The molecule has 2 amide bonds. The Labute approximate surface area is 82.4 Å². The van der Waals surface area contributed by atoms with Crippen LogP contribution < -0.4 is 5.32 Å². The number of aliphatic carboxylic acids is 1. The first-order chi connectivity index (χ1) is 6.61. The van der Waals surface area contributed by atoms with E-state index in [0.29, 0.717) is 13.1 Å². The fourth-order valence-electron chi connectivity index (χ4n) is 1.16. The second-order valence-electron chi connectivity index (χ2n) is 3.22. The van der Waals surface area contributed by atoms with Crippen molar-refractivity contribution < 1.29 is 14.7 Å². The second-order valence-corrected chi connectivity index (χ2v) is 3.22. The van der Waals surface area contributed by atoms with Crippen LogP contribution in [0.4, 0.5) is 4.79 Å². The third-order valence-corrected chi connectivity index (χ3v) is 2.06. The largest absolute Gasteiger partial charge is 0.480 e. The highest BCUT2D eigenvalue weighted by atomic mass is 16.4. The van der Waals surface area contributed by atoms with E-state index >= 15 is 0 Å². The maximum atomic E-state index is 11.4. The number of amides is 2. The minimum Gasteiger partial charge on any atom is -0.480 e. The Balaban J connectivity index is 2.41. The zero-order chi connectivity index (χ0) is 10.6. The van der Waals surface area contributed by atoms with Crippen molar-refractivity contribution in [2.45, 2.75) is 19.4 Å². The Morgan fingerprint density at radius 1 is 1.50 bits per heavy atom. The number of carboxylic acids is 1. The second kappa shape index (κ2) is 4.64. The number of hydrogen-bond donors (Lipinski definition) is 2. The molecule has 0 aromatic rings. The van der Waals surface area contributed by atoms with Crippen LogP contribution in [0.2, 0.25) is 0 Å². The van der Waals surface area contributed by atoms with Gasteiger partial charge in [0.1, 0.15) is 6.04 Å². The summed E-state index contributed by atoms with van der Waals surface area (Å²) in [5.41, 5.74) is 0. The topological polar surface area (TPSA) is 69.6 Å². The molecule has 1 aliphatic heterocycles. The number of nitrogens with zero attached hydrogens (tertiary/aromatic N) is 1. The first-order valence-electron chi connectivity index (χ1n) is 4.54. The van der Waals surface area contributed by atoms with E-state index in [9.17, 15) is 9.59 Å². The van der Waals surface area contributed by atoms with Crippen molar-refractivity contribution in [1.82, 2.24) is 10.2 Å². The molecule has 0 radical (unpaired) electrons. The Bertz CT molecular complexity index is 263. The predicted octanol–water partition coefficient (Wildman–Crippen LogP) is 0.431. The summed E-state index contributed by atoms with van der Waals surface area (Å²) in [5, 5.41) is 11.0. The van der Waals surface area contributed by atoms with E-state index in [1.807, 2.05) is 12.2 Å². The Morgan fingerprint density at radius 2 is 2.21 bits per heavy atom. The van der Waals surface area contributed by atoms with Gasteiger partial charge in [0, 0.05) is 13.1 Å². The SMILES string of the molecule is C[C@@H](NC(=O)N1CC=CCC1)C(=O)O. The van der Waals surface area contributed by atoms with Gasteiger partial charge in [0.25, 0.3) is 0 Å². The minimum atomic E-state index is -1.02. The van der Waals surface area contributed by atoms with Gasteiger partial charge in [-0.05, 0) is 13.3 Å². The molecule has 5 nitrogen and oxygen atoms in total. The van der Waals surface area contributed by atoms with Crippen molar-refractivity contribution in [1.29, 1.82) is 0 Å². The van der Waals surface area contributed by atoms with E-state index < -0.39 is 12.0 Å². The molecule has 1 atom stereocenters. The van der Waals surface area contributed by atoms with Crippen LogP contribution in [-0.2, 0) is 4.79 Å². The van der Waals surface area contributed by atoms with E-state index in [1.165, 1.54) is 6.92 Å². The number of carbonyl (C=O) groups excluding carboxylic acids is 1. The summed E-state index contributed by atoms with van der Waals surface area (Å²) >= 11 is 0. The van der Waals surface area contributed by atoms with Gasteiger partial charge in [-0.1, -0.05) is 12.2 Å². The van der Waals surface area contributed by atoms with Crippen LogP contribution in [0, 0.1) is 0 Å². The molecule has 2 N–H and O–H groups in total. The lowest BCUT2D eigenvalue weighted by atomic mass is 10.2. The van der Waals surface area contributed by atoms with E-state index in [1.54, 1.807) is 4.90 Å². The summed E-state index contributed by atoms with van der Waals surface area (Å²) in [7, 11) is 0. The highest BCUT2D eigenvalue weighted by molar-refractivity contribution is 5.82. The number of hydrogen-bond acceptors (Lipinski definition) is 2. The average molecular weight is 198 g/mol. The summed E-state index contributed by atoms with van der Waals surface area (Å²) in [4.78, 5) is 23.5. The van der Waals surface area contributed by atoms with Crippen molar-refractivity contribution in [2.24, 2.45) is 0 Å². The van der Waals surface area contributed by atoms with Crippen molar-refractivity contribution in [3.05, 3.63) is 12.2 Å². The molecule has 0 aromatic carbocycles. The normalized spacial score (nSPS) is 17.6. The quantitative estimate of drug-likeness (QED) is 0.632. The fraction of sp³-hybridized carbons (Fsp3) is 0.556. The summed E-state index contributed by atoms with van der Waals surface area (Å²) in [5.74, 6) is -1.02. The average Bonchev–Trinajstić information content (AvgIpc) is 2.19. The number of rotatable bonds is 2. The number of carbonyl (C=O) groups is 2. The van der Waals surface area contributed by atoms with Crippen molar-refractivity contribution in [2.75, 3.05) is 13.1 Å². The standard InChI is InChI=1S/C9H14N2O3/c1-7(8(12)13)10-9(14)11-5-3-2-4-6-11/h2-3,7H,4-6H2,1H3,(H,10,14)(H,12,13)/t7-/m1/s1.